The third-order valence-electron chi connectivity index (χ3n) is 3.80. The zero-order chi connectivity index (χ0) is 19.4. The molecular formula is C19H19NO7. The fraction of sp³-hybridized carbons (Fsp3) is 0.316. The van der Waals surface area contributed by atoms with Crippen molar-refractivity contribution in [3.05, 3.63) is 63.2 Å². The van der Waals surface area contributed by atoms with Gasteiger partial charge in [-0.3, -0.25) is 10.1 Å². The molecule has 0 spiro atoms. The summed E-state index contributed by atoms with van der Waals surface area (Å²) in [5.41, 5.74) is 1.23. The maximum absolute atomic E-state index is 12.3. The van der Waals surface area contributed by atoms with Gasteiger partial charge in [0.25, 0.3) is 5.69 Å². The van der Waals surface area contributed by atoms with Gasteiger partial charge in [-0.2, -0.15) is 0 Å². The minimum Gasteiger partial charge on any atom is -0.491 e. The Balaban J connectivity index is 1.73. The van der Waals surface area contributed by atoms with Crippen molar-refractivity contribution < 1.29 is 28.7 Å². The number of carbonyl (C=O) groups is 1. The molecule has 2 aromatic rings. The topological polar surface area (TPSA) is 97.1 Å². The molecule has 8 heteroatoms. The fourth-order valence-corrected chi connectivity index (χ4v) is 2.66. The van der Waals surface area contributed by atoms with E-state index in [1.807, 2.05) is 13.8 Å². The number of nitrogens with zero attached hydrogens (tertiary/aromatic N) is 1. The van der Waals surface area contributed by atoms with E-state index >= 15 is 0 Å². The second-order valence-corrected chi connectivity index (χ2v) is 6.23. The van der Waals surface area contributed by atoms with E-state index in [2.05, 4.69) is 0 Å². The largest absolute Gasteiger partial charge is 0.491 e. The maximum Gasteiger partial charge on any atom is 0.338 e. The van der Waals surface area contributed by atoms with Crippen molar-refractivity contribution >= 4 is 11.7 Å². The van der Waals surface area contributed by atoms with Gasteiger partial charge in [0.05, 0.1) is 23.2 Å². The molecular weight excluding hydrogens is 354 g/mol. The van der Waals surface area contributed by atoms with Crippen LogP contribution in [0.3, 0.4) is 0 Å². The minimum atomic E-state index is -0.543. The predicted octanol–water partition coefficient (Wildman–Crippen LogP) is 3.61. The fourth-order valence-electron chi connectivity index (χ4n) is 2.66. The summed E-state index contributed by atoms with van der Waals surface area (Å²) in [6.07, 6.45) is 0.0341. The van der Waals surface area contributed by atoms with Crippen LogP contribution in [0.5, 0.6) is 11.5 Å². The molecule has 1 heterocycles. The summed E-state index contributed by atoms with van der Waals surface area (Å²) in [5.74, 6) is 0.571. The molecule has 0 amide bonds. The monoisotopic (exact) mass is 373 g/mol. The van der Waals surface area contributed by atoms with Gasteiger partial charge in [0.15, 0.2) is 6.79 Å². The average molecular weight is 373 g/mol. The van der Waals surface area contributed by atoms with E-state index in [0.717, 1.165) is 0 Å². The highest BCUT2D eigenvalue weighted by Gasteiger charge is 2.22. The van der Waals surface area contributed by atoms with Crippen LogP contribution in [0.15, 0.2) is 36.4 Å². The number of rotatable bonds is 6. The lowest BCUT2D eigenvalue weighted by atomic mass is 10.1. The number of esters is 1. The number of benzene rings is 2. The summed E-state index contributed by atoms with van der Waals surface area (Å²) < 4.78 is 21.4. The number of ether oxygens (including phenoxy) is 4. The molecule has 8 nitrogen and oxygen atoms in total. The Kier molecular flexibility index (Phi) is 5.56. The highest BCUT2D eigenvalue weighted by atomic mass is 16.7. The van der Waals surface area contributed by atoms with Gasteiger partial charge in [-0.05, 0) is 38.1 Å². The van der Waals surface area contributed by atoms with Gasteiger partial charge in [-0.15, -0.1) is 0 Å². The summed E-state index contributed by atoms with van der Waals surface area (Å²) >= 11 is 0. The highest BCUT2D eigenvalue weighted by Crippen LogP contribution is 2.33. The molecule has 0 saturated carbocycles. The van der Waals surface area contributed by atoms with E-state index in [1.165, 1.54) is 12.1 Å². The summed E-state index contributed by atoms with van der Waals surface area (Å²) in [5, 5.41) is 11.1. The number of nitro groups is 1. The molecule has 3 rings (SSSR count). The first kappa shape index (κ1) is 18.7. The maximum atomic E-state index is 12.3. The Labute approximate surface area is 155 Å². The zero-order valence-electron chi connectivity index (χ0n) is 15.0. The van der Waals surface area contributed by atoms with Crippen molar-refractivity contribution in [3.63, 3.8) is 0 Å². The normalized spacial score (nSPS) is 12.9. The standard InChI is InChI=1S/C19H19NO7/c1-12(2)27-17-5-3-13(4-6-17)19(21)25-10-15-8-16(20(22)23)7-14-9-24-11-26-18(14)15/h3-8,12H,9-11H2,1-2H3. The van der Waals surface area contributed by atoms with E-state index < -0.39 is 10.9 Å². The quantitative estimate of drug-likeness (QED) is 0.433. The van der Waals surface area contributed by atoms with Crippen LogP contribution >= 0.6 is 0 Å². The SMILES string of the molecule is CC(C)Oc1ccc(C(=O)OCc2cc([N+](=O)[O-])cc3c2OCOC3)cc1. The first-order valence-corrected chi connectivity index (χ1v) is 8.38. The van der Waals surface area contributed by atoms with Crippen LogP contribution in [0.4, 0.5) is 5.69 Å². The Bertz CT molecular complexity index is 846. The van der Waals surface area contributed by atoms with Gasteiger partial charge >= 0.3 is 5.97 Å². The third kappa shape index (κ3) is 4.53. The van der Waals surface area contributed by atoms with Crippen molar-refractivity contribution in [2.75, 3.05) is 6.79 Å². The Hall–Kier alpha value is -3.13. The molecule has 0 aromatic heterocycles. The second kappa shape index (κ2) is 8.05. The molecule has 0 N–H and O–H groups in total. The van der Waals surface area contributed by atoms with E-state index in [4.69, 9.17) is 18.9 Å². The first-order chi connectivity index (χ1) is 12.9. The molecule has 0 unspecified atom stereocenters. The van der Waals surface area contributed by atoms with E-state index in [9.17, 15) is 14.9 Å². The van der Waals surface area contributed by atoms with E-state index in [1.54, 1.807) is 24.3 Å². The van der Waals surface area contributed by atoms with Gasteiger partial charge in [-0.25, -0.2) is 4.79 Å². The second-order valence-electron chi connectivity index (χ2n) is 6.23. The number of hydrogen-bond donors (Lipinski definition) is 0. The van der Waals surface area contributed by atoms with Crippen LogP contribution in [-0.2, 0) is 22.7 Å². The number of non-ortho nitro benzene ring substituents is 1. The lowest BCUT2D eigenvalue weighted by Gasteiger charge is -2.20. The molecule has 142 valence electrons. The molecule has 1 aliphatic heterocycles. The molecule has 2 aromatic carbocycles. The van der Waals surface area contributed by atoms with Crippen molar-refractivity contribution in [2.24, 2.45) is 0 Å². The molecule has 0 bridgehead atoms. The van der Waals surface area contributed by atoms with Crippen LogP contribution < -0.4 is 9.47 Å². The van der Waals surface area contributed by atoms with Gasteiger partial charge < -0.3 is 18.9 Å². The average Bonchev–Trinajstić information content (AvgIpc) is 2.65. The molecule has 0 saturated heterocycles. The van der Waals surface area contributed by atoms with E-state index in [-0.39, 0.29) is 31.8 Å². The van der Waals surface area contributed by atoms with Gasteiger partial charge in [-0.1, -0.05) is 0 Å². The van der Waals surface area contributed by atoms with Crippen LogP contribution in [0.25, 0.3) is 0 Å². The summed E-state index contributed by atoms with van der Waals surface area (Å²) in [6.45, 7) is 3.93. The van der Waals surface area contributed by atoms with Crippen molar-refractivity contribution in [2.45, 2.75) is 33.2 Å². The molecule has 0 radical (unpaired) electrons. The Morgan fingerprint density at radius 1 is 1.26 bits per heavy atom. The van der Waals surface area contributed by atoms with Crippen molar-refractivity contribution in [1.29, 1.82) is 0 Å². The van der Waals surface area contributed by atoms with Crippen LogP contribution in [0.2, 0.25) is 0 Å². The molecule has 27 heavy (non-hydrogen) atoms. The van der Waals surface area contributed by atoms with Crippen LogP contribution in [0, 0.1) is 10.1 Å². The number of carbonyl (C=O) groups excluding carboxylic acids is 1. The van der Waals surface area contributed by atoms with Crippen molar-refractivity contribution in [3.8, 4) is 11.5 Å². The highest BCUT2D eigenvalue weighted by molar-refractivity contribution is 5.89. The molecule has 0 aliphatic carbocycles. The first-order valence-electron chi connectivity index (χ1n) is 8.38. The third-order valence-corrected chi connectivity index (χ3v) is 3.80. The number of fused-ring (bicyclic) bond motifs is 1. The summed E-state index contributed by atoms with van der Waals surface area (Å²) in [7, 11) is 0. The lowest BCUT2D eigenvalue weighted by molar-refractivity contribution is -0.385. The van der Waals surface area contributed by atoms with Gasteiger partial charge in [0.2, 0.25) is 0 Å². The predicted molar refractivity (Wildman–Crippen MR) is 94.7 cm³/mol. The van der Waals surface area contributed by atoms with Gasteiger partial charge in [0.1, 0.15) is 18.1 Å². The molecule has 0 fully saturated rings. The molecule has 1 aliphatic rings. The summed E-state index contributed by atoms with van der Waals surface area (Å²) in [4.78, 5) is 22.9. The number of hydrogen-bond acceptors (Lipinski definition) is 7. The Morgan fingerprint density at radius 3 is 2.67 bits per heavy atom. The number of nitro benzene ring substituents is 1. The lowest BCUT2D eigenvalue weighted by Crippen LogP contribution is -2.15. The summed E-state index contributed by atoms with van der Waals surface area (Å²) in [6, 6.07) is 9.32. The van der Waals surface area contributed by atoms with Crippen molar-refractivity contribution in [1.82, 2.24) is 0 Å². The van der Waals surface area contributed by atoms with Crippen LogP contribution in [0.1, 0.15) is 35.3 Å². The molecule has 0 atom stereocenters. The van der Waals surface area contributed by atoms with Crippen LogP contribution in [-0.4, -0.2) is 23.8 Å². The minimum absolute atomic E-state index is 0.0341. The van der Waals surface area contributed by atoms with Gasteiger partial charge in [0, 0.05) is 23.3 Å². The van der Waals surface area contributed by atoms with E-state index in [0.29, 0.717) is 28.2 Å². The Morgan fingerprint density at radius 2 is 2.00 bits per heavy atom. The smallest absolute Gasteiger partial charge is 0.338 e. The zero-order valence-corrected chi connectivity index (χ0v) is 15.0.